The van der Waals surface area contributed by atoms with Crippen molar-refractivity contribution in [3.8, 4) is 0 Å². The van der Waals surface area contributed by atoms with Crippen LogP contribution in [0.3, 0.4) is 0 Å². The Hall–Kier alpha value is -0.770. The molecule has 1 amide bonds. The lowest BCUT2D eigenvalue weighted by Gasteiger charge is -2.46. The van der Waals surface area contributed by atoms with Crippen LogP contribution in [-0.2, 0) is 4.74 Å². The van der Waals surface area contributed by atoms with Crippen LogP contribution in [0.4, 0.5) is 4.79 Å². The van der Waals surface area contributed by atoms with Gasteiger partial charge in [0.25, 0.3) is 0 Å². The van der Waals surface area contributed by atoms with Crippen molar-refractivity contribution in [2.24, 2.45) is 5.41 Å². The molecule has 0 saturated carbocycles. The second-order valence-electron chi connectivity index (χ2n) is 7.31. The fraction of sp³-hybridized carbons (Fsp3) is 0.933. The van der Waals surface area contributed by atoms with Crippen LogP contribution >= 0.6 is 0 Å². The standard InChI is InChI=1S/C15H28N2O2/c1-14(2,3)19-13(18)17-10-7-15(8-11-17)6-5-9-16(4)12-15/h5-12H2,1-4H3. The lowest BCUT2D eigenvalue weighted by molar-refractivity contribution is -0.00290. The zero-order chi connectivity index (χ0) is 14.1. The maximum absolute atomic E-state index is 12.0. The number of hydrogen-bond acceptors (Lipinski definition) is 3. The molecule has 0 aromatic rings. The molecule has 2 aliphatic heterocycles. The highest BCUT2D eigenvalue weighted by atomic mass is 16.6. The van der Waals surface area contributed by atoms with Crippen molar-refractivity contribution in [3.05, 3.63) is 0 Å². The van der Waals surface area contributed by atoms with Gasteiger partial charge in [0.2, 0.25) is 0 Å². The first kappa shape index (κ1) is 14.6. The van der Waals surface area contributed by atoms with E-state index in [1.54, 1.807) is 0 Å². The number of nitrogens with zero attached hydrogens (tertiary/aromatic N) is 2. The van der Waals surface area contributed by atoms with Crippen LogP contribution in [0.5, 0.6) is 0 Å². The molecule has 0 radical (unpaired) electrons. The van der Waals surface area contributed by atoms with Gasteiger partial charge in [-0.15, -0.1) is 0 Å². The Morgan fingerprint density at radius 2 is 1.74 bits per heavy atom. The normalized spacial score (nSPS) is 24.5. The Morgan fingerprint density at radius 3 is 2.26 bits per heavy atom. The highest BCUT2D eigenvalue weighted by molar-refractivity contribution is 5.68. The van der Waals surface area contributed by atoms with E-state index in [-0.39, 0.29) is 6.09 Å². The Kier molecular flexibility index (Phi) is 4.09. The molecule has 4 nitrogen and oxygen atoms in total. The second kappa shape index (κ2) is 5.31. The van der Waals surface area contributed by atoms with Gasteiger partial charge >= 0.3 is 6.09 Å². The van der Waals surface area contributed by atoms with Gasteiger partial charge in [0.05, 0.1) is 0 Å². The first-order chi connectivity index (χ1) is 8.80. The van der Waals surface area contributed by atoms with Gasteiger partial charge < -0.3 is 14.5 Å². The Morgan fingerprint density at radius 1 is 1.11 bits per heavy atom. The van der Waals surface area contributed by atoms with E-state index in [4.69, 9.17) is 4.74 Å². The van der Waals surface area contributed by atoms with Crippen molar-refractivity contribution in [1.82, 2.24) is 9.80 Å². The van der Waals surface area contributed by atoms with Crippen molar-refractivity contribution < 1.29 is 9.53 Å². The van der Waals surface area contributed by atoms with Gasteiger partial charge in [-0.3, -0.25) is 0 Å². The molecule has 0 aromatic heterocycles. The summed E-state index contributed by atoms with van der Waals surface area (Å²) in [6, 6.07) is 0. The monoisotopic (exact) mass is 268 g/mol. The van der Waals surface area contributed by atoms with Crippen LogP contribution in [0.1, 0.15) is 46.5 Å². The van der Waals surface area contributed by atoms with E-state index < -0.39 is 5.60 Å². The summed E-state index contributed by atoms with van der Waals surface area (Å²) in [5, 5.41) is 0. The fourth-order valence-electron chi connectivity index (χ4n) is 3.35. The predicted molar refractivity (Wildman–Crippen MR) is 76.2 cm³/mol. The molecule has 19 heavy (non-hydrogen) atoms. The van der Waals surface area contributed by atoms with Crippen LogP contribution in [0.15, 0.2) is 0 Å². The van der Waals surface area contributed by atoms with Crippen molar-refractivity contribution in [3.63, 3.8) is 0 Å². The minimum Gasteiger partial charge on any atom is -0.444 e. The summed E-state index contributed by atoms with van der Waals surface area (Å²) in [6.07, 6.45) is 4.71. The average Bonchev–Trinajstić information content (AvgIpc) is 2.27. The van der Waals surface area contributed by atoms with E-state index >= 15 is 0 Å². The minimum atomic E-state index is -0.392. The molecular weight excluding hydrogens is 240 g/mol. The summed E-state index contributed by atoms with van der Waals surface area (Å²) in [5.41, 5.74) is 0.0583. The number of amides is 1. The smallest absolute Gasteiger partial charge is 0.410 e. The highest BCUT2D eigenvalue weighted by Gasteiger charge is 2.39. The highest BCUT2D eigenvalue weighted by Crippen LogP contribution is 2.39. The van der Waals surface area contributed by atoms with Crippen LogP contribution in [0.25, 0.3) is 0 Å². The van der Waals surface area contributed by atoms with Crippen LogP contribution < -0.4 is 0 Å². The Balaban J connectivity index is 1.87. The van der Waals surface area contributed by atoms with Gasteiger partial charge in [0, 0.05) is 19.6 Å². The molecule has 110 valence electrons. The lowest BCUT2D eigenvalue weighted by Crippen LogP contribution is -2.50. The molecule has 0 aliphatic carbocycles. The van der Waals surface area contributed by atoms with Crippen molar-refractivity contribution in [2.45, 2.75) is 52.1 Å². The van der Waals surface area contributed by atoms with Gasteiger partial charge in [-0.1, -0.05) is 0 Å². The molecule has 2 rings (SSSR count). The molecule has 4 heteroatoms. The number of carbonyl (C=O) groups excluding carboxylic acids is 1. The predicted octanol–water partition coefficient (Wildman–Crippen LogP) is 2.73. The van der Waals surface area contributed by atoms with E-state index in [1.807, 2.05) is 25.7 Å². The second-order valence-corrected chi connectivity index (χ2v) is 7.31. The largest absolute Gasteiger partial charge is 0.444 e. The molecule has 0 unspecified atom stereocenters. The lowest BCUT2D eigenvalue weighted by atomic mass is 9.72. The first-order valence-corrected chi connectivity index (χ1v) is 7.46. The van der Waals surface area contributed by atoms with Gasteiger partial charge in [-0.25, -0.2) is 4.79 Å². The minimum absolute atomic E-state index is 0.147. The molecule has 2 saturated heterocycles. The molecule has 0 N–H and O–H groups in total. The van der Waals surface area contributed by atoms with Crippen LogP contribution in [0, 0.1) is 5.41 Å². The molecule has 0 aromatic carbocycles. The van der Waals surface area contributed by atoms with Crippen LogP contribution in [-0.4, -0.2) is 54.7 Å². The first-order valence-electron chi connectivity index (χ1n) is 7.46. The fourth-order valence-corrected chi connectivity index (χ4v) is 3.35. The molecule has 0 atom stereocenters. The average molecular weight is 268 g/mol. The van der Waals surface area contributed by atoms with E-state index in [0.29, 0.717) is 5.41 Å². The quantitative estimate of drug-likeness (QED) is 0.677. The number of rotatable bonds is 0. The molecule has 1 spiro atoms. The van der Waals surface area contributed by atoms with E-state index in [0.717, 1.165) is 25.9 Å². The zero-order valence-corrected chi connectivity index (χ0v) is 12.9. The number of carbonyl (C=O) groups is 1. The summed E-state index contributed by atoms with van der Waals surface area (Å²) in [7, 11) is 2.21. The number of likely N-dealkylation sites (tertiary alicyclic amines) is 2. The SMILES string of the molecule is CN1CCCC2(CCN(C(=O)OC(C)(C)C)CC2)C1. The topological polar surface area (TPSA) is 32.8 Å². The maximum Gasteiger partial charge on any atom is 0.410 e. The summed E-state index contributed by atoms with van der Waals surface area (Å²) < 4.78 is 5.45. The van der Waals surface area contributed by atoms with E-state index in [9.17, 15) is 4.79 Å². The van der Waals surface area contributed by atoms with Gasteiger partial charge in [0.15, 0.2) is 0 Å². The summed E-state index contributed by atoms with van der Waals surface area (Å²) in [4.78, 5) is 16.4. The third-order valence-corrected chi connectivity index (χ3v) is 4.33. The Bertz CT molecular complexity index is 328. The molecule has 2 heterocycles. The molecule has 2 fully saturated rings. The van der Waals surface area contributed by atoms with Crippen LogP contribution in [0.2, 0.25) is 0 Å². The Labute approximate surface area is 117 Å². The summed E-state index contributed by atoms with van der Waals surface area (Å²) in [6.45, 7) is 9.88. The molecule has 0 bridgehead atoms. The van der Waals surface area contributed by atoms with Gasteiger partial charge in [-0.2, -0.15) is 0 Å². The van der Waals surface area contributed by atoms with Gasteiger partial charge in [0.1, 0.15) is 5.60 Å². The number of ether oxygens (including phenoxy) is 1. The van der Waals surface area contributed by atoms with Gasteiger partial charge in [-0.05, 0) is 65.5 Å². The number of piperidine rings is 2. The van der Waals surface area contributed by atoms with Crippen molar-refractivity contribution >= 4 is 6.09 Å². The maximum atomic E-state index is 12.0. The van der Waals surface area contributed by atoms with E-state index in [1.165, 1.54) is 25.9 Å². The number of hydrogen-bond donors (Lipinski definition) is 0. The van der Waals surface area contributed by atoms with Crippen molar-refractivity contribution in [2.75, 3.05) is 33.2 Å². The zero-order valence-electron chi connectivity index (χ0n) is 12.9. The summed E-state index contributed by atoms with van der Waals surface area (Å²) in [5.74, 6) is 0. The molecule has 2 aliphatic rings. The third kappa shape index (κ3) is 3.85. The van der Waals surface area contributed by atoms with Crippen molar-refractivity contribution in [1.29, 1.82) is 0 Å². The summed E-state index contributed by atoms with van der Waals surface area (Å²) >= 11 is 0. The molecular formula is C15H28N2O2. The van der Waals surface area contributed by atoms with E-state index in [2.05, 4.69) is 11.9 Å². The third-order valence-electron chi connectivity index (χ3n) is 4.33.